The molecule has 0 spiro atoms. The molecule has 0 bridgehead atoms. The standard InChI is InChI=1S/C44H30N4OS2/c1-3-7-30(8-4-1)32-12-16-34(17-13-32)37-21-23-39(50-37)41-36(20-11-29-25-27-45-28-26-29)46-42(44-43(41)47-49-48-44)40-24-22-38(51-40)35-18-14-33(15-19-35)31-9-5-2-6-10-31/h1-10,12-19,21-28H,11,20H2. The van der Waals surface area contributed by atoms with E-state index < -0.39 is 0 Å². The Balaban J connectivity index is 1.08. The zero-order chi connectivity index (χ0) is 34.0. The number of aromatic nitrogens is 4. The minimum atomic E-state index is 0.674. The topological polar surface area (TPSA) is 64.7 Å². The summed E-state index contributed by atoms with van der Waals surface area (Å²) < 4.78 is 5.46. The van der Waals surface area contributed by atoms with Crippen LogP contribution in [0.1, 0.15) is 11.3 Å². The SMILES string of the molecule is c1ccc(-c2ccc(-c3ccc(-c4nc(CCc5ccncc5)c(-c5ccc(-c6ccc(-c7ccccc7)cc6)s5)c5nonc45)s3)cc2)cc1. The third-order valence-corrected chi connectivity index (χ3v) is 11.4. The number of benzene rings is 4. The van der Waals surface area contributed by atoms with Crippen LogP contribution in [0.2, 0.25) is 0 Å². The Morgan fingerprint density at radius 3 is 1.53 bits per heavy atom. The summed E-state index contributed by atoms with van der Waals surface area (Å²) in [6.45, 7) is 0. The van der Waals surface area contributed by atoms with Crippen LogP contribution >= 0.6 is 22.7 Å². The first-order chi connectivity index (χ1) is 25.3. The van der Waals surface area contributed by atoms with Crippen LogP contribution in [0.15, 0.2) is 163 Å². The summed E-state index contributed by atoms with van der Waals surface area (Å²) in [6.07, 6.45) is 5.23. The fourth-order valence-electron chi connectivity index (χ4n) is 6.48. The number of hydrogen-bond acceptors (Lipinski definition) is 7. The van der Waals surface area contributed by atoms with Gasteiger partial charge in [0.2, 0.25) is 0 Å². The van der Waals surface area contributed by atoms with Gasteiger partial charge in [-0.3, -0.25) is 4.98 Å². The van der Waals surface area contributed by atoms with Gasteiger partial charge in [-0.2, -0.15) is 0 Å². The summed E-state index contributed by atoms with van der Waals surface area (Å²) in [4.78, 5) is 14.0. The Hall–Kier alpha value is -6.02. The van der Waals surface area contributed by atoms with Gasteiger partial charge in [0.15, 0.2) is 5.52 Å². The Kier molecular flexibility index (Phi) is 8.33. The lowest BCUT2D eigenvalue weighted by molar-refractivity contribution is 0.315. The molecule has 0 aliphatic rings. The molecule has 0 aliphatic heterocycles. The van der Waals surface area contributed by atoms with Crippen molar-refractivity contribution in [2.24, 2.45) is 0 Å². The van der Waals surface area contributed by atoms with Crippen molar-refractivity contribution in [3.05, 3.63) is 169 Å². The summed E-state index contributed by atoms with van der Waals surface area (Å²) >= 11 is 3.45. The second kappa shape index (κ2) is 13.7. The van der Waals surface area contributed by atoms with E-state index in [-0.39, 0.29) is 0 Å². The van der Waals surface area contributed by atoms with Crippen molar-refractivity contribution in [1.82, 2.24) is 20.3 Å². The molecular formula is C44H30N4OS2. The van der Waals surface area contributed by atoms with E-state index in [1.807, 2.05) is 24.5 Å². The molecule has 0 atom stereocenters. The number of rotatable bonds is 9. The van der Waals surface area contributed by atoms with Crippen LogP contribution in [0, 0.1) is 0 Å². The van der Waals surface area contributed by atoms with Gasteiger partial charge in [-0.05, 0) is 98.5 Å². The summed E-state index contributed by atoms with van der Waals surface area (Å²) in [5.41, 5.74) is 12.5. The van der Waals surface area contributed by atoms with Crippen molar-refractivity contribution in [2.75, 3.05) is 0 Å². The zero-order valence-corrected chi connectivity index (χ0v) is 29.1. The molecule has 5 aromatic heterocycles. The van der Waals surface area contributed by atoms with Crippen molar-refractivity contribution < 1.29 is 4.63 Å². The molecule has 0 radical (unpaired) electrons. The van der Waals surface area contributed by atoms with Gasteiger partial charge < -0.3 is 0 Å². The van der Waals surface area contributed by atoms with Gasteiger partial charge in [-0.15, -0.1) is 22.7 Å². The number of nitrogens with zero attached hydrogens (tertiary/aromatic N) is 4. The van der Waals surface area contributed by atoms with Gasteiger partial charge in [0.25, 0.3) is 0 Å². The number of aryl methyl sites for hydroxylation is 2. The van der Waals surface area contributed by atoms with Gasteiger partial charge in [0, 0.05) is 32.6 Å². The van der Waals surface area contributed by atoms with Crippen molar-refractivity contribution in [2.45, 2.75) is 12.8 Å². The van der Waals surface area contributed by atoms with Crippen molar-refractivity contribution in [1.29, 1.82) is 0 Å². The third-order valence-electron chi connectivity index (χ3n) is 9.13. The van der Waals surface area contributed by atoms with Crippen LogP contribution in [0.4, 0.5) is 0 Å². The van der Waals surface area contributed by atoms with Crippen LogP contribution in [-0.4, -0.2) is 20.3 Å². The summed E-state index contributed by atoms with van der Waals surface area (Å²) in [5, 5.41) is 8.93. The van der Waals surface area contributed by atoms with Gasteiger partial charge in [0.1, 0.15) is 11.2 Å². The quantitative estimate of drug-likeness (QED) is 0.150. The highest BCUT2D eigenvalue weighted by atomic mass is 32.1. The molecule has 244 valence electrons. The van der Waals surface area contributed by atoms with E-state index in [1.54, 1.807) is 22.7 Å². The van der Waals surface area contributed by atoms with Crippen molar-refractivity contribution in [3.8, 4) is 64.1 Å². The van der Waals surface area contributed by atoms with E-state index in [1.165, 1.54) is 43.1 Å². The highest BCUT2D eigenvalue weighted by Gasteiger charge is 2.23. The molecule has 0 saturated heterocycles. The zero-order valence-electron chi connectivity index (χ0n) is 27.4. The molecule has 0 N–H and O–H groups in total. The molecule has 0 saturated carbocycles. The average molecular weight is 695 g/mol. The molecule has 9 rings (SSSR count). The van der Waals surface area contributed by atoms with E-state index >= 15 is 0 Å². The minimum absolute atomic E-state index is 0.674. The monoisotopic (exact) mass is 694 g/mol. The summed E-state index contributed by atoms with van der Waals surface area (Å²) in [5.74, 6) is 0. The van der Waals surface area contributed by atoms with Gasteiger partial charge in [-0.1, -0.05) is 109 Å². The third kappa shape index (κ3) is 6.29. The molecule has 0 aliphatic carbocycles. The van der Waals surface area contributed by atoms with E-state index in [4.69, 9.17) is 9.61 Å². The second-order valence-corrected chi connectivity index (χ2v) is 14.5. The first-order valence-electron chi connectivity index (χ1n) is 16.8. The van der Waals surface area contributed by atoms with E-state index in [0.717, 1.165) is 50.6 Å². The molecule has 7 heteroatoms. The number of pyridine rings is 2. The lowest BCUT2D eigenvalue weighted by Gasteiger charge is -2.11. The molecule has 51 heavy (non-hydrogen) atoms. The van der Waals surface area contributed by atoms with Crippen LogP contribution in [-0.2, 0) is 12.8 Å². The number of hydrogen-bond donors (Lipinski definition) is 0. The predicted molar refractivity (Wildman–Crippen MR) is 210 cm³/mol. The Labute approximate surface area is 303 Å². The Bertz CT molecular complexity index is 2560. The minimum Gasteiger partial charge on any atom is -0.265 e. The molecule has 0 unspecified atom stereocenters. The fraction of sp³-hybridized carbons (Fsp3) is 0.0455. The molecule has 5 heterocycles. The summed E-state index contributed by atoms with van der Waals surface area (Å²) in [6, 6.07) is 51.2. The van der Waals surface area contributed by atoms with Crippen molar-refractivity contribution >= 4 is 33.7 Å². The summed E-state index contributed by atoms with van der Waals surface area (Å²) in [7, 11) is 0. The maximum absolute atomic E-state index is 5.46. The Morgan fingerprint density at radius 2 is 0.922 bits per heavy atom. The first-order valence-corrected chi connectivity index (χ1v) is 18.5. The van der Waals surface area contributed by atoms with Crippen LogP contribution < -0.4 is 0 Å². The fourth-order valence-corrected chi connectivity index (χ4v) is 8.56. The lowest BCUT2D eigenvalue weighted by atomic mass is 10.0. The molecule has 0 amide bonds. The molecule has 5 nitrogen and oxygen atoms in total. The largest absolute Gasteiger partial charge is 0.265 e. The Morgan fingerprint density at radius 1 is 0.431 bits per heavy atom. The van der Waals surface area contributed by atoms with Crippen LogP contribution in [0.5, 0.6) is 0 Å². The van der Waals surface area contributed by atoms with E-state index in [0.29, 0.717) is 5.52 Å². The normalized spacial score (nSPS) is 11.3. The van der Waals surface area contributed by atoms with Crippen LogP contribution in [0.25, 0.3) is 75.2 Å². The first kappa shape index (κ1) is 31.0. The smallest absolute Gasteiger partial charge is 0.163 e. The maximum Gasteiger partial charge on any atom is 0.163 e. The maximum atomic E-state index is 5.46. The van der Waals surface area contributed by atoms with Crippen LogP contribution in [0.3, 0.4) is 0 Å². The average Bonchev–Trinajstić information content (AvgIpc) is 4.00. The molecule has 0 fully saturated rings. The molecule has 9 aromatic rings. The predicted octanol–water partition coefficient (Wildman–Crippen LogP) is 11.9. The van der Waals surface area contributed by atoms with Gasteiger partial charge in [-0.25, -0.2) is 9.61 Å². The second-order valence-electron chi connectivity index (χ2n) is 12.3. The van der Waals surface area contributed by atoms with E-state index in [9.17, 15) is 0 Å². The lowest BCUT2D eigenvalue weighted by Crippen LogP contribution is -2.01. The molecular weight excluding hydrogens is 665 g/mol. The van der Waals surface area contributed by atoms with E-state index in [2.05, 4.69) is 149 Å². The number of fused-ring (bicyclic) bond motifs is 1. The van der Waals surface area contributed by atoms with Gasteiger partial charge >= 0.3 is 0 Å². The molecule has 4 aromatic carbocycles. The highest BCUT2D eigenvalue weighted by molar-refractivity contribution is 7.19. The highest BCUT2D eigenvalue weighted by Crippen LogP contribution is 2.43. The number of thiophene rings is 2. The van der Waals surface area contributed by atoms with Crippen molar-refractivity contribution in [3.63, 3.8) is 0 Å². The van der Waals surface area contributed by atoms with Gasteiger partial charge in [0.05, 0.1) is 10.6 Å².